The molecule has 0 aliphatic carbocycles. The van der Waals surface area contributed by atoms with E-state index in [1.807, 2.05) is 0 Å². The Morgan fingerprint density at radius 3 is 2.06 bits per heavy atom. The summed E-state index contributed by atoms with van der Waals surface area (Å²) < 4.78 is 4.48. The Balaban J connectivity index is 2.87. The summed E-state index contributed by atoms with van der Waals surface area (Å²) in [4.78, 5) is 61.3. The van der Waals surface area contributed by atoms with Crippen LogP contribution in [0.3, 0.4) is 0 Å². The number of methoxy groups -OCH3 is 1. The van der Waals surface area contributed by atoms with Crippen LogP contribution in [0, 0.1) is 17.2 Å². The summed E-state index contributed by atoms with van der Waals surface area (Å²) in [6, 6.07) is 3.67. The SMILES string of the molecule is COC(=O)CC(C#N)NC(=O)[C@H](C)NC(=O)[C@@H](NC(=O)[C@H](Cc1ccc(O)cc1)NC(C)=O)C(C)C. The quantitative estimate of drug-likeness (QED) is 0.240. The molecule has 12 nitrogen and oxygen atoms in total. The molecule has 196 valence electrons. The van der Waals surface area contributed by atoms with Crippen molar-refractivity contribution in [2.75, 3.05) is 7.11 Å². The van der Waals surface area contributed by atoms with Crippen molar-refractivity contribution in [3.63, 3.8) is 0 Å². The van der Waals surface area contributed by atoms with E-state index >= 15 is 0 Å². The number of aromatic hydroxyl groups is 1. The van der Waals surface area contributed by atoms with Crippen LogP contribution in [0.4, 0.5) is 0 Å². The molecule has 5 N–H and O–H groups in total. The number of nitriles is 1. The predicted molar refractivity (Wildman–Crippen MR) is 128 cm³/mol. The molecule has 12 heteroatoms. The van der Waals surface area contributed by atoms with Crippen molar-refractivity contribution in [1.82, 2.24) is 21.3 Å². The van der Waals surface area contributed by atoms with E-state index in [-0.39, 0.29) is 24.5 Å². The van der Waals surface area contributed by atoms with Crippen LogP contribution in [0.15, 0.2) is 24.3 Å². The molecule has 0 saturated carbocycles. The number of amides is 4. The molecule has 0 aromatic heterocycles. The molecule has 0 aliphatic rings. The summed E-state index contributed by atoms with van der Waals surface area (Å²) in [6.45, 7) is 6.05. The summed E-state index contributed by atoms with van der Waals surface area (Å²) in [5.41, 5.74) is 0.677. The van der Waals surface area contributed by atoms with Crippen molar-refractivity contribution in [1.29, 1.82) is 5.26 Å². The molecule has 0 heterocycles. The zero-order valence-corrected chi connectivity index (χ0v) is 21.0. The molecule has 0 spiro atoms. The van der Waals surface area contributed by atoms with Crippen molar-refractivity contribution in [3.8, 4) is 11.8 Å². The molecule has 36 heavy (non-hydrogen) atoms. The number of esters is 1. The summed E-state index contributed by atoms with van der Waals surface area (Å²) in [6.07, 6.45) is -0.234. The van der Waals surface area contributed by atoms with Crippen LogP contribution in [-0.4, -0.2) is 66.0 Å². The highest BCUT2D eigenvalue weighted by atomic mass is 16.5. The number of carbonyl (C=O) groups excluding carboxylic acids is 5. The van der Waals surface area contributed by atoms with E-state index in [4.69, 9.17) is 5.26 Å². The first kappa shape index (κ1) is 29.9. The lowest BCUT2D eigenvalue weighted by Crippen LogP contribution is -2.58. The van der Waals surface area contributed by atoms with Gasteiger partial charge in [-0.2, -0.15) is 5.26 Å². The molecular weight excluding hydrogens is 470 g/mol. The van der Waals surface area contributed by atoms with Gasteiger partial charge in [-0.1, -0.05) is 26.0 Å². The van der Waals surface area contributed by atoms with Crippen molar-refractivity contribution in [2.24, 2.45) is 5.92 Å². The number of hydrogen-bond donors (Lipinski definition) is 5. The Labute approximate surface area is 209 Å². The number of rotatable bonds is 12. The number of ether oxygens (including phenoxy) is 1. The lowest BCUT2D eigenvalue weighted by molar-refractivity contribution is -0.141. The largest absolute Gasteiger partial charge is 0.508 e. The van der Waals surface area contributed by atoms with Crippen molar-refractivity contribution >= 4 is 29.6 Å². The first-order valence-corrected chi connectivity index (χ1v) is 11.3. The van der Waals surface area contributed by atoms with Crippen LogP contribution in [0.2, 0.25) is 0 Å². The third-order valence-corrected chi connectivity index (χ3v) is 5.14. The summed E-state index contributed by atoms with van der Waals surface area (Å²) in [7, 11) is 1.16. The van der Waals surface area contributed by atoms with Gasteiger partial charge in [-0.3, -0.25) is 24.0 Å². The highest BCUT2D eigenvalue weighted by Gasteiger charge is 2.30. The maximum absolute atomic E-state index is 13.0. The number of nitrogens with one attached hydrogen (secondary N) is 4. The minimum absolute atomic E-state index is 0.0559. The van der Waals surface area contributed by atoms with Crippen molar-refractivity contribution in [3.05, 3.63) is 29.8 Å². The Kier molecular flexibility index (Phi) is 11.9. The van der Waals surface area contributed by atoms with Gasteiger partial charge < -0.3 is 31.1 Å². The molecule has 0 bridgehead atoms. The Morgan fingerprint density at radius 1 is 0.944 bits per heavy atom. The maximum atomic E-state index is 13.0. The lowest BCUT2D eigenvalue weighted by Gasteiger charge is -2.26. The monoisotopic (exact) mass is 503 g/mol. The van der Waals surface area contributed by atoms with Gasteiger partial charge in [-0.25, -0.2) is 0 Å². The average Bonchev–Trinajstić information content (AvgIpc) is 2.81. The second-order valence-electron chi connectivity index (χ2n) is 8.55. The van der Waals surface area contributed by atoms with E-state index < -0.39 is 53.8 Å². The van der Waals surface area contributed by atoms with Crippen LogP contribution in [0.25, 0.3) is 0 Å². The van der Waals surface area contributed by atoms with E-state index in [0.29, 0.717) is 5.56 Å². The minimum atomic E-state index is -1.14. The molecular formula is C24H33N5O7. The number of carbonyl (C=O) groups is 5. The lowest BCUT2D eigenvalue weighted by atomic mass is 10.0. The number of nitrogens with zero attached hydrogens (tertiary/aromatic N) is 1. The zero-order valence-electron chi connectivity index (χ0n) is 21.0. The Hall–Kier alpha value is -4.14. The first-order chi connectivity index (χ1) is 16.9. The molecule has 1 unspecified atom stereocenters. The van der Waals surface area contributed by atoms with Crippen LogP contribution >= 0.6 is 0 Å². The van der Waals surface area contributed by atoms with Gasteiger partial charge in [0.2, 0.25) is 23.6 Å². The third-order valence-electron chi connectivity index (χ3n) is 5.14. The standard InChI is InChI=1S/C24H33N5O7/c1-13(2)21(24(35)26-14(3)22(33)28-17(12-25)11-20(32)36-5)29-23(34)19(27-15(4)30)10-16-6-8-18(31)9-7-16/h6-9,13-14,17,19,21,31H,10-11H2,1-5H3,(H,26,35)(H,27,30)(H,28,33)(H,29,34)/t14-,17?,19-,21-/m0/s1. The van der Waals surface area contributed by atoms with Gasteiger partial charge in [0.25, 0.3) is 0 Å². The normalized spacial score (nSPS) is 13.8. The van der Waals surface area contributed by atoms with E-state index in [1.165, 1.54) is 26.0 Å². The third kappa shape index (κ3) is 10.0. The van der Waals surface area contributed by atoms with Gasteiger partial charge in [-0.05, 0) is 30.5 Å². The van der Waals surface area contributed by atoms with E-state index in [9.17, 15) is 29.1 Å². The minimum Gasteiger partial charge on any atom is -0.508 e. The molecule has 1 aromatic rings. The highest BCUT2D eigenvalue weighted by molar-refractivity contribution is 5.94. The predicted octanol–water partition coefficient (Wildman–Crippen LogP) is -0.344. The number of benzene rings is 1. The Bertz CT molecular complexity index is 988. The Morgan fingerprint density at radius 2 is 1.56 bits per heavy atom. The van der Waals surface area contributed by atoms with Crippen LogP contribution in [-0.2, 0) is 35.1 Å². The topological polar surface area (TPSA) is 187 Å². The van der Waals surface area contributed by atoms with Gasteiger partial charge in [0, 0.05) is 13.3 Å². The van der Waals surface area contributed by atoms with E-state index in [0.717, 1.165) is 7.11 Å². The molecule has 0 aliphatic heterocycles. The molecule has 1 aromatic carbocycles. The second-order valence-corrected chi connectivity index (χ2v) is 8.55. The van der Waals surface area contributed by atoms with Gasteiger partial charge in [-0.15, -0.1) is 0 Å². The molecule has 4 amide bonds. The summed E-state index contributed by atoms with van der Waals surface area (Å²) in [5.74, 6) is -3.38. The summed E-state index contributed by atoms with van der Waals surface area (Å²) in [5, 5.41) is 28.6. The average molecular weight is 504 g/mol. The first-order valence-electron chi connectivity index (χ1n) is 11.3. The van der Waals surface area contributed by atoms with Crippen molar-refractivity contribution in [2.45, 2.75) is 64.7 Å². The molecule has 4 atom stereocenters. The van der Waals surface area contributed by atoms with Gasteiger partial charge in [0.15, 0.2) is 0 Å². The van der Waals surface area contributed by atoms with E-state index in [2.05, 4.69) is 26.0 Å². The molecule has 0 saturated heterocycles. The van der Waals surface area contributed by atoms with Gasteiger partial charge in [0.05, 0.1) is 19.6 Å². The fraction of sp³-hybridized carbons (Fsp3) is 0.500. The van der Waals surface area contributed by atoms with Crippen molar-refractivity contribution < 1.29 is 33.8 Å². The summed E-state index contributed by atoms with van der Waals surface area (Å²) >= 11 is 0. The van der Waals surface area contributed by atoms with Crippen LogP contribution < -0.4 is 21.3 Å². The number of phenols is 1. The fourth-order valence-corrected chi connectivity index (χ4v) is 3.16. The molecule has 0 fully saturated rings. The number of hydrogen-bond acceptors (Lipinski definition) is 8. The highest BCUT2D eigenvalue weighted by Crippen LogP contribution is 2.12. The molecule has 1 rings (SSSR count). The zero-order chi connectivity index (χ0) is 27.4. The molecule has 0 radical (unpaired) electrons. The smallest absolute Gasteiger partial charge is 0.308 e. The van der Waals surface area contributed by atoms with E-state index in [1.54, 1.807) is 32.0 Å². The number of phenolic OH excluding ortho intramolecular Hbond substituents is 1. The van der Waals surface area contributed by atoms with Crippen LogP contribution in [0.5, 0.6) is 5.75 Å². The van der Waals surface area contributed by atoms with Gasteiger partial charge >= 0.3 is 5.97 Å². The van der Waals surface area contributed by atoms with Gasteiger partial charge in [0.1, 0.15) is 29.9 Å². The maximum Gasteiger partial charge on any atom is 0.308 e. The second kappa shape index (κ2) is 14.3. The fourth-order valence-electron chi connectivity index (χ4n) is 3.16. The van der Waals surface area contributed by atoms with Crippen LogP contribution in [0.1, 0.15) is 39.7 Å².